The number of likely N-dealkylation sites (tertiary alicyclic amines) is 1. The lowest BCUT2D eigenvalue weighted by atomic mass is 9.92. The lowest BCUT2D eigenvalue weighted by Gasteiger charge is -2.29. The molecule has 28 heavy (non-hydrogen) atoms. The number of ether oxygens (including phenoxy) is 1. The van der Waals surface area contributed by atoms with Gasteiger partial charge in [0.1, 0.15) is 11.4 Å². The van der Waals surface area contributed by atoms with Crippen molar-refractivity contribution in [3.63, 3.8) is 0 Å². The first kappa shape index (κ1) is 20.4. The summed E-state index contributed by atoms with van der Waals surface area (Å²) in [5, 5.41) is 12.1. The fourth-order valence-electron chi connectivity index (χ4n) is 3.48. The molecule has 0 bridgehead atoms. The topological polar surface area (TPSA) is 45.1 Å². The van der Waals surface area contributed by atoms with Gasteiger partial charge in [0.05, 0.1) is 12.3 Å². The molecular weight excluding hydrogens is 375 g/mol. The van der Waals surface area contributed by atoms with Gasteiger partial charge in [0.2, 0.25) is 0 Å². The Hall–Kier alpha value is -2.33. The van der Waals surface area contributed by atoms with E-state index in [-0.39, 0.29) is 5.82 Å². The number of halogens is 1. The van der Waals surface area contributed by atoms with Crippen molar-refractivity contribution in [2.24, 2.45) is 5.16 Å². The van der Waals surface area contributed by atoms with E-state index in [9.17, 15) is 4.39 Å². The minimum Gasteiger partial charge on any atom is -0.411 e. The summed E-state index contributed by atoms with van der Waals surface area (Å²) in [4.78, 5) is 3.92. The molecule has 2 aromatic carbocycles. The molecule has 0 saturated carbocycles. The fourth-order valence-corrected chi connectivity index (χ4v) is 4.39. The largest absolute Gasteiger partial charge is 0.411 e. The van der Waals surface area contributed by atoms with Crippen LogP contribution < -0.4 is 0 Å². The van der Waals surface area contributed by atoms with Crippen LogP contribution in [0.2, 0.25) is 0 Å². The van der Waals surface area contributed by atoms with Crippen molar-refractivity contribution >= 4 is 17.5 Å². The van der Waals surface area contributed by atoms with Crippen LogP contribution in [0.4, 0.5) is 4.39 Å². The van der Waals surface area contributed by atoms with Gasteiger partial charge in [-0.25, -0.2) is 4.39 Å². The highest BCUT2D eigenvalue weighted by Crippen LogP contribution is 2.38. The maximum absolute atomic E-state index is 14.4. The molecule has 1 fully saturated rings. The van der Waals surface area contributed by atoms with Crippen molar-refractivity contribution in [1.82, 2.24) is 4.90 Å². The van der Waals surface area contributed by atoms with Crippen molar-refractivity contribution in [3.05, 3.63) is 59.4 Å². The monoisotopic (exact) mass is 398 g/mol. The Bertz CT molecular complexity index is 908. The number of oxime groups is 1. The lowest BCUT2D eigenvalue weighted by Crippen LogP contribution is -2.33. The Kier molecular flexibility index (Phi) is 6.40. The van der Waals surface area contributed by atoms with Crippen molar-refractivity contribution in [3.8, 4) is 12.3 Å². The van der Waals surface area contributed by atoms with Crippen LogP contribution in [-0.2, 0) is 10.3 Å². The predicted octanol–water partition coefficient (Wildman–Crippen LogP) is 4.36. The number of rotatable bonds is 6. The van der Waals surface area contributed by atoms with E-state index in [4.69, 9.17) is 16.4 Å². The van der Waals surface area contributed by atoms with Gasteiger partial charge in [0, 0.05) is 30.0 Å². The molecule has 1 saturated heterocycles. The molecule has 1 N–H and O–H groups in total. The van der Waals surface area contributed by atoms with Gasteiger partial charge in [0.25, 0.3) is 0 Å². The zero-order chi connectivity index (χ0) is 20.1. The van der Waals surface area contributed by atoms with Crippen LogP contribution in [0.5, 0.6) is 0 Å². The Balaban J connectivity index is 1.84. The molecule has 6 heteroatoms. The smallest absolute Gasteiger partial charge is 0.124 e. The van der Waals surface area contributed by atoms with Gasteiger partial charge in [-0.3, -0.25) is 4.90 Å². The third-order valence-corrected chi connectivity index (χ3v) is 6.05. The van der Waals surface area contributed by atoms with E-state index in [0.29, 0.717) is 18.8 Å². The summed E-state index contributed by atoms with van der Waals surface area (Å²) in [5.41, 5.74) is 1.67. The molecule has 1 heterocycles. The molecule has 1 atom stereocenters. The Morgan fingerprint density at radius 2 is 2.07 bits per heavy atom. The van der Waals surface area contributed by atoms with Gasteiger partial charge in [-0.05, 0) is 54.8 Å². The molecule has 1 unspecified atom stereocenters. The van der Waals surface area contributed by atoms with E-state index >= 15 is 0 Å². The number of hydrogen-bond donors (Lipinski definition) is 1. The molecule has 0 amide bonds. The molecular formula is C22H23FN2O2S. The predicted molar refractivity (Wildman–Crippen MR) is 110 cm³/mol. The highest BCUT2D eigenvalue weighted by molar-refractivity contribution is 7.99. The van der Waals surface area contributed by atoms with Crippen LogP contribution in [0.25, 0.3) is 0 Å². The zero-order valence-electron chi connectivity index (χ0n) is 16.0. The van der Waals surface area contributed by atoms with Crippen LogP contribution in [0.15, 0.2) is 57.4 Å². The summed E-state index contributed by atoms with van der Waals surface area (Å²) in [6, 6.07) is 12.7. The van der Waals surface area contributed by atoms with E-state index in [1.807, 2.05) is 30.3 Å². The standard InChI is InChI=1S/C22H23FN2O2S/c1-4-10-25-11-9-22(15-25,27-3)18-12-19(23)14-21(13-18)28-20-7-5-17(6-8-20)16(2)24-26/h1,5-8,12-14,26H,9-11,15H2,2-3H3/b24-16+. The Morgan fingerprint density at radius 3 is 2.71 bits per heavy atom. The van der Waals surface area contributed by atoms with Crippen LogP contribution in [0.1, 0.15) is 24.5 Å². The van der Waals surface area contributed by atoms with Gasteiger partial charge in [0.15, 0.2) is 0 Å². The first-order valence-electron chi connectivity index (χ1n) is 8.98. The van der Waals surface area contributed by atoms with Crippen LogP contribution in [-0.4, -0.2) is 42.6 Å². The van der Waals surface area contributed by atoms with Gasteiger partial charge < -0.3 is 9.94 Å². The van der Waals surface area contributed by atoms with Crippen molar-refractivity contribution in [2.45, 2.75) is 28.7 Å². The zero-order valence-corrected chi connectivity index (χ0v) is 16.8. The summed E-state index contributed by atoms with van der Waals surface area (Å²) in [5.74, 6) is 2.38. The summed E-state index contributed by atoms with van der Waals surface area (Å²) in [6.45, 7) is 3.77. The lowest BCUT2D eigenvalue weighted by molar-refractivity contribution is -0.00528. The molecule has 0 spiro atoms. The normalized spacial score (nSPS) is 20.3. The molecule has 0 radical (unpaired) electrons. The Morgan fingerprint density at radius 1 is 1.32 bits per heavy atom. The quantitative estimate of drug-likeness (QED) is 0.340. The summed E-state index contributed by atoms with van der Waals surface area (Å²) in [6.07, 6.45) is 6.20. The van der Waals surface area contributed by atoms with Gasteiger partial charge in [-0.2, -0.15) is 0 Å². The van der Waals surface area contributed by atoms with Gasteiger partial charge in [-0.1, -0.05) is 35.0 Å². The second-order valence-electron chi connectivity index (χ2n) is 6.85. The van der Waals surface area contributed by atoms with Crippen molar-refractivity contribution < 1.29 is 14.3 Å². The van der Waals surface area contributed by atoms with E-state index in [2.05, 4.69) is 16.0 Å². The molecule has 1 aliphatic heterocycles. The minimum atomic E-state index is -0.549. The molecule has 2 aromatic rings. The highest BCUT2D eigenvalue weighted by Gasteiger charge is 2.40. The molecule has 0 aromatic heterocycles. The molecule has 146 valence electrons. The summed E-state index contributed by atoms with van der Waals surface area (Å²) in [7, 11) is 1.67. The van der Waals surface area contributed by atoms with Crippen LogP contribution in [0, 0.1) is 18.2 Å². The average molecular weight is 399 g/mol. The van der Waals surface area contributed by atoms with Crippen molar-refractivity contribution in [2.75, 3.05) is 26.7 Å². The third-order valence-electron chi connectivity index (χ3n) is 5.07. The summed E-state index contributed by atoms with van der Waals surface area (Å²) < 4.78 is 20.2. The fraction of sp³-hybridized carbons (Fsp3) is 0.318. The first-order chi connectivity index (χ1) is 13.5. The number of nitrogens with zero attached hydrogens (tertiary/aromatic N) is 2. The molecule has 4 nitrogen and oxygen atoms in total. The highest BCUT2D eigenvalue weighted by atomic mass is 32.2. The molecule has 3 rings (SSSR count). The second-order valence-corrected chi connectivity index (χ2v) is 8.00. The maximum Gasteiger partial charge on any atom is 0.124 e. The first-order valence-corrected chi connectivity index (χ1v) is 9.80. The van der Waals surface area contributed by atoms with E-state index in [1.54, 1.807) is 20.1 Å². The average Bonchev–Trinajstić information content (AvgIpc) is 3.12. The number of terminal acetylenes is 1. The van der Waals surface area contributed by atoms with Crippen LogP contribution >= 0.6 is 11.8 Å². The maximum atomic E-state index is 14.4. The molecule has 1 aliphatic rings. The SMILES string of the molecule is C#CCN1CCC(OC)(c2cc(F)cc(Sc3ccc(/C(C)=N/O)cc3)c2)C1. The number of benzene rings is 2. The van der Waals surface area contributed by atoms with Gasteiger partial charge >= 0.3 is 0 Å². The molecule has 0 aliphatic carbocycles. The minimum absolute atomic E-state index is 0.285. The Labute approximate surface area is 169 Å². The number of hydrogen-bond acceptors (Lipinski definition) is 5. The second kappa shape index (κ2) is 8.78. The summed E-state index contributed by atoms with van der Waals surface area (Å²) >= 11 is 1.48. The van der Waals surface area contributed by atoms with Crippen molar-refractivity contribution in [1.29, 1.82) is 0 Å². The van der Waals surface area contributed by atoms with Crippen LogP contribution in [0.3, 0.4) is 0 Å². The van der Waals surface area contributed by atoms with E-state index in [1.165, 1.54) is 17.8 Å². The van der Waals surface area contributed by atoms with E-state index < -0.39 is 5.60 Å². The third kappa shape index (κ3) is 4.39. The van der Waals surface area contributed by atoms with Gasteiger partial charge in [-0.15, -0.1) is 6.42 Å². The number of methoxy groups -OCH3 is 1. The van der Waals surface area contributed by atoms with E-state index in [0.717, 1.165) is 33.9 Å².